The van der Waals surface area contributed by atoms with E-state index < -0.39 is 5.97 Å². The number of amides is 1. The van der Waals surface area contributed by atoms with E-state index in [2.05, 4.69) is 18.9 Å². The van der Waals surface area contributed by atoms with Crippen LogP contribution in [0.25, 0.3) is 6.08 Å². The van der Waals surface area contributed by atoms with Crippen LogP contribution in [0.5, 0.6) is 0 Å². The Labute approximate surface area is 143 Å². The van der Waals surface area contributed by atoms with Crippen LogP contribution < -0.4 is 0 Å². The van der Waals surface area contributed by atoms with Gasteiger partial charge in [0.1, 0.15) is 0 Å². The molecule has 2 rings (SSSR count). The normalized spacial score (nSPS) is 21.3. The lowest BCUT2D eigenvalue weighted by Gasteiger charge is -2.34. The third kappa shape index (κ3) is 4.46. The molecule has 1 aliphatic rings. The van der Waals surface area contributed by atoms with Gasteiger partial charge in [-0.3, -0.25) is 9.48 Å². The van der Waals surface area contributed by atoms with Crippen LogP contribution in [-0.4, -0.2) is 46.3 Å². The van der Waals surface area contributed by atoms with Gasteiger partial charge in [0, 0.05) is 37.5 Å². The third-order valence-electron chi connectivity index (χ3n) is 4.51. The van der Waals surface area contributed by atoms with Crippen LogP contribution in [0.2, 0.25) is 0 Å². The van der Waals surface area contributed by atoms with Gasteiger partial charge in [-0.1, -0.05) is 13.8 Å². The summed E-state index contributed by atoms with van der Waals surface area (Å²) in [7, 11) is 1.86. The van der Waals surface area contributed by atoms with E-state index in [1.54, 1.807) is 15.7 Å². The SMILES string of the molecule is Cc1nn(C)c(C)c1/C=C/C(=O)OCC(=O)N1C[C@H](C)C[C@H](C)C1. The molecular formula is C18H27N3O3. The number of piperidine rings is 1. The van der Waals surface area contributed by atoms with E-state index >= 15 is 0 Å². The Hall–Kier alpha value is -2.11. The van der Waals surface area contributed by atoms with Crippen molar-refractivity contribution in [3.63, 3.8) is 0 Å². The molecule has 2 heterocycles. The van der Waals surface area contributed by atoms with Gasteiger partial charge in [0.2, 0.25) is 0 Å². The average Bonchev–Trinajstić information content (AvgIpc) is 2.74. The summed E-state index contributed by atoms with van der Waals surface area (Å²) in [5, 5.41) is 4.29. The van der Waals surface area contributed by atoms with Gasteiger partial charge in [-0.05, 0) is 38.2 Å². The van der Waals surface area contributed by atoms with Crippen LogP contribution in [0.1, 0.15) is 37.2 Å². The van der Waals surface area contributed by atoms with Crippen LogP contribution in [0.4, 0.5) is 0 Å². The molecule has 0 saturated carbocycles. The Morgan fingerprint density at radius 1 is 1.25 bits per heavy atom. The van der Waals surface area contributed by atoms with Crippen molar-refractivity contribution >= 4 is 18.0 Å². The first-order valence-corrected chi connectivity index (χ1v) is 8.40. The Morgan fingerprint density at radius 3 is 2.42 bits per heavy atom. The van der Waals surface area contributed by atoms with E-state index in [4.69, 9.17) is 4.74 Å². The molecule has 1 aromatic rings. The molecule has 0 radical (unpaired) electrons. The number of aryl methyl sites for hydroxylation is 2. The van der Waals surface area contributed by atoms with Crippen molar-refractivity contribution in [1.29, 1.82) is 0 Å². The molecule has 24 heavy (non-hydrogen) atoms. The van der Waals surface area contributed by atoms with Crippen molar-refractivity contribution in [2.24, 2.45) is 18.9 Å². The highest BCUT2D eigenvalue weighted by atomic mass is 16.5. The quantitative estimate of drug-likeness (QED) is 0.625. The van der Waals surface area contributed by atoms with Crippen molar-refractivity contribution < 1.29 is 14.3 Å². The first-order valence-electron chi connectivity index (χ1n) is 8.40. The number of hydrogen-bond acceptors (Lipinski definition) is 4. The summed E-state index contributed by atoms with van der Waals surface area (Å²) < 4.78 is 6.86. The number of ether oxygens (including phenoxy) is 1. The number of hydrogen-bond donors (Lipinski definition) is 0. The van der Waals surface area contributed by atoms with E-state index in [0.29, 0.717) is 11.8 Å². The van der Waals surface area contributed by atoms with E-state index in [9.17, 15) is 9.59 Å². The molecule has 1 fully saturated rings. The number of carbonyl (C=O) groups is 2. The lowest BCUT2D eigenvalue weighted by molar-refractivity contribution is -0.149. The van der Waals surface area contributed by atoms with Gasteiger partial charge in [0.15, 0.2) is 6.61 Å². The maximum atomic E-state index is 12.2. The molecule has 0 bridgehead atoms. The van der Waals surface area contributed by atoms with Crippen LogP contribution in [0.15, 0.2) is 6.08 Å². The molecule has 0 aromatic carbocycles. The first-order chi connectivity index (χ1) is 11.3. The number of esters is 1. The first kappa shape index (κ1) is 18.2. The van der Waals surface area contributed by atoms with Gasteiger partial charge in [-0.2, -0.15) is 5.10 Å². The summed E-state index contributed by atoms with van der Waals surface area (Å²) >= 11 is 0. The molecule has 6 nitrogen and oxygen atoms in total. The van der Waals surface area contributed by atoms with Crippen molar-refractivity contribution in [2.75, 3.05) is 19.7 Å². The lowest BCUT2D eigenvalue weighted by atomic mass is 9.92. The molecular weight excluding hydrogens is 306 g/mol. The highest BCUT2D eigenvalue weighted by Gasteiger charge is 2.25. The fourth-order valence-electron chi connectivity index (χ4n) is 3.32. The Kier molecular flexibility index (Phi) is 5.80. The summed E-state index contributed by atoms with van der Waals surface area (Å²) in [4.78, 5) is 25.8. The standard InChI is InChI=1S/C18H27N3O3/c1-12-8-13(2)10-21(9-12)17(22)11-24-18(23)7-6-16-14(3)19-20(5)15(16)4/h6-7,12-13H,8-11H2,1-5H3/b7-6+/t12-,13+. The smallest absolute Gasteiger partial charge is 0.331 e. The van der Waals surface area contributed by atoms with Gasteiger partial charge in [-0.25, -0.2) is 4.79 Å². The monoisotopic (exact) mass is 333 g/mol. The summed E-state index contributed by atoms with van der Waals surface area (Å²) in [6.45, 7) is 9.39. The molecule has 0 aliphatic carbocycles. The molecule has 0 N–H and O–H groups in total. The number of rotatable bonds is 4. The fraction of sp³-hybridized carbons (Fsp3) is 0.611. The second-order valence-electron chi connectivity index (χ2n) is 6.89. The topological polar surface area (TPSA) is 64.4 Å². The van der Waals surface area contributed by atoms with E-state index in [1.165, 1.54) is 6.08 Å². The van der Waals surface area contributed by atoms with Gasteiger partial charge in [0.05, 0.1) is 5.69 Å². The molecule has 132 valence electrons. The molecule has 0 spiro atoms. The minimum atomic E-state index is -0.510. The average molecular weight is 333 g/mol. The number of aromatic nitrogens is 2. The molecule has 0 unspecified atom stereocenters. The van der Waals surface area contributed by atoms with E-state index in [1.807, 2.05) is 20.9 Å². The maximum Gasteiger partial charge on any atom is 0.331 e. The molecule has 2 atom stereocenters. The predicted molar refractivity (Wildman–Crippen MR) is 92.2 cm³/mol. The van der Waals surface area contributed by atoms with Gasteiger partial charge >= 0.3 is 5.97 Å². The summed E-state index contributed by atoms with van der Waals surface area (Å²) in [5.74, 6) is 0.350. The lowest BCUT2D eigenvalue weighted by Crippen LogP contribution is -2.44. The van der Waals surface area contributed by atoms with Crippen LogP contribution in [0.3, 0.4) is 0 Å². The Morgan fingerprint density at radius 2 is 1.88 bits per heavy atom. The van der Waals surface area contributed by atoms with E-state index in [-0.39, 0.29) is 12.5 Å². The third-order valence-corrected chi connectivity index (χ3v) is 4.51. The molecule has 1 aromatic heterocycles. The van der Waals surface area contributed by atoms with Crippen LogP contribution >= 0.6 is 0 Å². The van der Waals surface area contributed by atoms with Gasteiger partial charge < -0.3 is 9.64 Å². The largest absolute Gasteiger partial charge is 0.452 e. The van der Waals surface area contributed by atoms with Crippen LogP contribution in [0, 0.1) is 25.7 Å². The fourth-order valence-corrected chi connectivity index (χ4v) is 3.32. The number of nitrogens with zero attached hydrogens (tertiary/aromatic N) is 3. The summed E-state index contributed by atoms with van der Waals surface area (Å²) in [6.07, 6.45) is 4.18. The number of likely N-dealkylation sites (tertiary alicyclic amines) is 1. The van der Waals surface area contributed by atoms with Gasteiger partial charge in [0.25, 0.3) is 5.91 Å². The maximum absolute atomic E-state index is 12.2. The van der Waals surface area contributed by atoms with Crippen molar-refractivity contribution in [2.45, 2.75) is 34.1 Å². The van der Waals surface area contributed by atoms with Crippen molar-refractivity contribution in [3.8, 4) is 0 Å². The molecule has 6 heteroatoms. The van der Waals surface area contributed by atoms with E-state index in [0.717, 1.165) is 36.5 Å². The summed E-state index contributed by atoms with van der Waals surface area (Å²) in [6, 6.07) is 0. The van der Waals surface area contributed by atoms with Gasteiger partial charge in [-0.15, -0.1) is 0 Å². The molecule has 1 aliphatic heterocycles. The van der Waals surface area contributed by atoms with Crippen molar-refractivity contribution in [3.05, 3.63) is 23.0 Å². The summed E-state index contributed by atoms with van der Waals surface area (Å²) in [5.41, 5.74) is 2.73. The second-order valence-corrected chi connectivity index (χ2v) is 6.89. The minimum Gasteiger partial charge on any atom is -0.452 e. The minimum absolute atomic E-state index is 0.121. The molecule has 1 saturated heterocycles. The zero-order chi connectivity index (χ0) is 17.9. The zero-order valence-electron chi connectivity index (χ0n) is 15.2. The highest BCUT2D eigenvalue weighted by molar-refractivity contribution is 5.89. The zero-order valence-corrected chi connectivity index (χ0v) is 15.2. The van der Waals surface area contributed by atoms with Crippen molar-refractivity contribution in [1.82, 2.24) is 14.7 Å². The second kappa shape index (κ2) is 7.64. The van der Waals surface area contributed by atoms with Crippen LogP contribution in [-0.2, 0) is 21.4 Å². The predicted octanol–water partition coefficient (Wildman–Crippen LogP) is 2.10. The highest BCUT2D eigenvalue weighted by Crippen LogP contribution is 2.21. The Bertz CT molecular complexity index is 638. The Balaban J connectivity index is 1.86. The number of carbonyl (C=O) groups excluding carboxylic acids is 2. The molecule has 1 amide bonds.